The van der Waals surface area contributed by atoms with Gasteiger partial charge in [-0.1, -0.05) is 6.92 Å². The Labute approximate surface area is 168 Å². The largest absolute Gasteiger partial charge is 0.355 e. The molecule has 0 spiro atoms. The first-order chi connectivity index (χ1) is 13.4. The Morgan fingerprint density at radius 3 is 2.89 bits per heavy atom. The molecule has 1 aliphatic heterocycles. The number of amides is 2. The number of hydrogen-bond donors (Lipinski definition) is 1. The molecule has 1 atom stereocenters. The summed E-state index contributed by atoms with van der Waals surface area (Å²) in [7, 11) is 0. The van der Waals surface area contributed by atoms with Gasteiger partial charge in [-0.25, -0.2) is 4.98 Å². The fourth-order valence-electron chi connectivity index (χ4n) is 3.63. The van der Waals surface area contributed by atoms with Gasteiger partial charge in [-0.15, -0.1) is 11.3 Å². The van der Waals surface area contributed by atoms with Crippen LogP contribution < -0.4 is 10.9 Å². The molecule has 2 amide bonds. The standard InChI is InChI=1S/C20H28N4O3S/c1-13-6-5-9-23(10-13)17(26)7-4-8-21-16(25)11-24-12-22-19-18(20(24)27)14(2)15(3)28-19/h12-13H,4-11H2,1-3H3,(H,21,25)/t13-/m0/s1. The Kier molecular flexibility index (Phi) is 6.49. The van der Waals surface area contributed by atoms with Crippen LogP contribution in [0.25, 0.3) is 10.2 Å². The maximum absolute atomic E-state index is 12.6. The van der Waals surface area contributed by atoms with Gasteiger partial charge in [0, 0.05) is 30.9 Å². The van der Waals surface area contributed by atoms with Gasteiger partial charge >= 0.3 is 0 Å². The zero-order valence-corrected chi connectivity index (χ0v) is 17.6. The molecule has 0 aromatic carbocycles. The summed E-state index contributed by atoms with van der Waals surface area (Å²) < 4.78 is 1.34. The average Bonchev–Trinajstić information content (AvgIpc) is 2.95. The highest BCUT2D eigenvalue weighted by atomic mass is 32.1. The second kappa shape index (κ2) is 8.86. The number of thiophene rings is 1. The molecule has 3 rings (SSSR count). The molecule has 7 nitrogen and oxygen atoms in total. The van der Waals surface area contributed by atoms with Crippen LogP contribution in [0.2, 0.25) is 0 Å². The number of nitrogens with one attached hydrogen (secondary N) is 1. The van der Waals surface area contributed by atoms with E-state index >= 15 is 0 Å². The van der Waals surface area contributed by atoms with Crippen molar-refractivity contribution in [3.05, 3.63) is 27.1 Å². The summed E-state index contributed by atoms with van der Waals surface area (Å²) in [5.41, 5.74) is 0.745. The molecule has 2 aromatic heterocycles. The van der Waals surface area contributed by atoms with Crippen molar-refractivity contribution in [2.75, 3.05) is 19.6 Å². The highest BCUT2D eigenvalue weighted by molar-refractivity contribution is 7.18. The van der Waals surface area contributed by atoms with Crippen molar-refractivity contribution in [3.8, 4) is 0 Å². The van der Waals surface area contributed by atoms with Crippen LogP contribution in [0, 0.1) is 19.8 Å². The van der Waals surface area contributed by atoms with E-state index in [1.165, 1.54) is 28.7 Å². The Bertz CT molecular complexity index is 933. The molecule has 1 N–H and O–H groups in total. The van der Waals surface area contributed by atoms with Gasteiger partial charge in [-0.05, 0) is 44.6 Å². The van der Waals surface area contributed by atoms with Crippen LogP contribution in [-0.2, 0) is 16.1 Å². The number of nitrogens with zero attached hydrogens (tertiary/aromatic N) is 3. The van der Waals surface area contributed by atoms with Crippen LogP contribution >= 0.6 is 11.3 Å². The van der Waals surface area contributed by atoms with E-state index in [0.29, 0.717) is 35.5 Å². The number of hydrogen-bond acceptors (Lipinski definition) is 5. The minimum absolute atomic E-state index is 0.0618. The van der Waals surface area contributed by atoms with Crippen molar-refractivity contribution in [3.63, 3.8) is 0 Å². The molecule has 1 fully saturated rings. The Morgan fingerprint density at radius 1 is 1.36 bits per heavy atom. The smallest absolute Gasteiger partial charge is 0.262 e. The van der Waals surface area contributed by atoms with E-state index in [0.717, 1.165) is 30.0 Å². The van der Waals surface area contributed by atoms with Crippen LogP contribution in [-0.4, -0.2) is 45.9 Å². The number of aromatic nitrogens is 2. The van der Waals surface area contributed by atoms with Crippen LogP contribution in [0.15, 0.2) is 11.1 Å². The molecule has 0 aliphatic carbocycles. The molecule has 0 radical (unpaired) electrons. The quantitative estimate of drug-likeness (QED) is 0.749. The van der Waals surface area contributed by atoms with Crippen LogP contribution in [0.4, 0.5) is 0 Å². The summed E-state index contributed by atoms with van der Waals surface area (Å²) in [5, 5.41) is 3.40. The first kappa shape index (κ1) is 20.5. The number of likely N-dealkylation sites (tertiary alicyclic amines) is 1. The third-order valence-electron chi connectivity index (χ3n) is 5.37. The number of piperidine rings is 1. The zero-order valence-electron chi connectivity index (χ0n) is 16.8. The maximum atomic E-state index is 12.6. The summed E-state index contributed by atoms with van der Waals surface area (Å²) >= 11 is 1.49. The summed E-state index contributed by atoms with van der Waals surface area (Å²) in [6.45, 7) is 8.08. The lowest BCUT2D eigenvalue weighted by Crippen LogP contribution is -2.39. The Hall–Kier alpha value is -2.22. The number of carbonyl (C=O) groups excluding carboxylic acids is 2. The van der Waals surface area contributed by atoms with E-state index in [4.69, 9.17) is 0 Å². The van der Waals surface area contributed by atoms with E-state index in [1.807, 2.05) is 18.7 Å². The molecule has 2 aromatic rings. The molecule has 28 heavy (non-hydrogen) atoms. The lowest BCUT2D eigenvalue weighted by molar-refractivity contribution is -0.133. The molecular formula is C20H28N4O3S. The Morgan fingerprint density at radius 2 is 2.14 bits per heavy atom. The number of rotatable bonds is 6. The van der Waals surface area contributed by atoms with Gasteiger partial charge in [0.05, 0.1) is 11.7 Å². The second-order valence-corrected chi connectivity index (χ2v) is 8.88. The first-order valence-electron chi connectivity index (χ1n) is 9.86. The van der Waals surface area contributed by atoms with Gasteiger partial charge in [-0.2, -0.15) is 0 Å². The predicted octanol–water partition coefficient (Wildman–Crippen LogP) is 2.23. The van der Waals surface area contributed by atoms with Crippen molar-refractivity contribution in [1.82, 2.24) is 19.8 Å². The van der Waals surface area contributed by atoms with Gasteiger partial charge in [0.1, 0.15) is 11.4 Å². The van der Waals surface area contributed by atoms with E-state index in [2.05, 4.69) is 17.2 Å². The molecule has 152 valence electrons. The van der Waals surface area contributed by atoms with Crippen molar-refractivity contribution in [2.45, 2.75) is 53.0 Å². The normalized spacial score (nSPS) is 17.1. The van der Waals surface area contributed by atoms with Crippen molar-refractivity contribution >= 4 is 33.4 Å². The summed E-state index contributed by atoms with van der Waals surface area (Å²) in [5.74, 6) is 0.485. The molecule has 1 saturated heterocycles. The minimum atomic E-state index is -0.244. The van der Waals surface area contributed by atoms with Crippen molar-refractivity contribution in [1.29, 1.82) is 0 Å². The van der Waals surface area contributed by atoms with Crippen molar-refractivity contribution in [2.24, 2.45) is 5.92 Å². The second-order valence-electron chi connectivity index (χ2n) is 7.68. The molecule has 1 aliphatic rings. The molecule has 3 heterocycles. The van der Waals surface area contributed by atoms with Crippen LogP contribution in [0.5, 0.6) is 0 Å². The van der Waals surface area contributed by atoms with E-state index in [-0.39, 0.29) is 23.9 Å². The predicted molar refractivity (Wildman–Crippen MR) is 111 cm³/mol. The van der Waals surface area contributed by atoms with Gasteiger partial charge < -0.3 is 10.2 Å². The zero-order chi connectivity index (χ0) is 20.3. The number of carbonyl (C=O) groups is 2. The summed E-state index contributed by atoms with van der Waals surface area (Å²) in [6, 6.07) is 0. The highest BCUT2D eigenvalue weighted by Crippen LogP contribution is 2.25. The molecule has 0 unspecified atom stereocenters. The fraction of sp³-hybridized carbons (Fsp3) is 0.600. The molecular weight excluding hydrogens is 376 g/mol. The van der Waals surface area contributed by atoms with E-state index < -0.39 is 0 Å². The third-order valence-corrected chi connectivity index (χ3v) is 6.48. The number of fused-ring (bicyclic) bond motifs is 1. The van der Waals surface area contributed by atoms with Gasteiger partial charge in [0.15, 0.2) is 0 Å². The monoisotopic (exact) mass is 404 g/mol. The highest BCUT2D eigenvalue weighted by Gasteiger charge is 2.20. The maximum Gasteiger partial charge on any atom is 0.262 e. The van der Waals surface area contributed by atoms with Gasteiger partial charge in [0.2, 0.25) is 11.8 Å². The number of aryl methyl sites for hydroxylation is 2. The van der Waals surface area contributed by atoms with Crippen LogP contribution in [0.1, 0.15) is 43.0 Å². The summed E-state index contributed by atoms with van der Waals surface area (Å²) in [4.78, 5) is 45.1. The lowest BCUT2D eigenvalue weighted by atomic mass is 10.00. The Balaban J connectivity index is 1.48. The molecule has 0 bridgehead atoms. The van der Waals surface area contributed by atoms with Crippen molar-refractivity contribution < 1.29 is 9.59 Å². The van der Waals surface area contributed by atoms with Gasteiger partial charge in [-0.3, -0.25) is 19.0 Å². The first-order valence-corrected chi connectivity index (χ1v) is 10.7. The topological polar surface area (TPSA) is 84.3 Å². The van der Waals surface area contributed by atoms with E-state index in [1.54, 1.807) is 0 Å². The fourth-order valence-corrected chi connectivity index (χ4v) is 4.62. The lowest BCUT2D eigenvalue weighted by Gasteiger charge is -2.31. The third kappa shape index (κ3) is 4.60. The van der Waals surface area contributed by atoms with E-state index in [9.17, 15) is 14.4 Å². The van der Waals surface area contributed by atoms with Crippen LogP contribution in [0.3, 0.4) is 0 Å². The molecule has 0 saturated carbocycles. The molecule has 8 heteroatoms. The van der Waals surface area contributed by atoms with Gasteiger partial charge in [0.25, 0.3) is 5.56 Å². The minimum Gasteiger partial charge on any atom is -0.355 e. The summed E-state index contributed by atoms with van der Waals surface area (Å²) in [6.07, 6.45) is 4.73. The SMILES string of the molecule is Cc1sc2ncn(CC(=O)NCCCC(=O)N3CCC[C@H](C)C3)c(=O)c2c1C. The average molecular weight is 405 g/mol.